The molecule has 0 amide bonds. The molecule has 1 aliphatic heterocycles. The molecule has 0 radical (unpaired) electrons. The minimum absolute atomic E-state index is 0.0937. The van der Waals surface area contributed by atoms with Crippen molar-refractivity contribution in [3.05, 3.63) is 57.9 Å². The number of allylic oxidation sites excluding steroid dienone is 2. The SMILES string of the molecule is CC1=C(C(=O)[O-])C(c2cccc(F)c2F)C(C(=O)[O-])=C(C)N1. The molecule has 0 unspecified atom stereocenters. The van der Waals surface area contributed by atoms with Crippen LogP contribution in [0.2, 0.25) is 0 Å². The second kappa shape index (κ2) is 5.59. The number of benzene rings is 1. The molecule has 0 atom stereocenters. The van der Waals surface area contributed by atoms with Crippen molar-refractivity contribution in [1.29, 1.82) is 0 Å². The number of rotatable bonds is 3. The topological polar surface area (TPSA) is 92.3 Å². The second-order valence-corrected chi connectivity index (χ2v) is 4.85. The summed E-state index contributed by atoms with van der Waals surface area (Å²) >= 11 is 0. The van der Waals surface area contributed by atoms with Crippen LogP contribution in [0, 0.1) is 11.6 Å². The molecule has 1 aromatic rings. The van der Waals surface area contributed by atoms with E-state index >= 15 is 0 Å². The molecule has 0 bridgehead atoms. The maximum Gasteiger partial charge on any atom is 0.162 e. The fourth-order valence-electron chi connectivity index (χ4n) is 2.59. The number of carboxylic acids is 2. The summed E-state index contributed by atoms with van der Waals surface area (Å²) in [4.78, 5) is 22.7. The Labute approximate surface area is 124 Å². The first kappa shape index (κ1) is 15.7. The van der Waals surface area contributed by atoms with Crippen molar-refractivity contribution in [3.8, 4) is 0 Å². The van der Waals surface area contributed by atoms with Gasteiger partial charge in [-0.3, -0.25) is 0 Å². The van der Waals surface area contributed by atoms with Gasteiger partial charge in [-0.2, -0.15) is 0 Å². The van der Waals surface area contributed by atoms with E-state index < -0.39 is 46.2 Å². The molecule has 1 heterocycles. The highest BCUT2D eigenvalue weighted by atomic mass is 19.2. The van der Waals surface area contributed by atoms with Crippen molar-refractivity contribution in [2.75, 3.05) is 0 Å². The molecule has 0 aliphatic carbocycles. The molecule has 7 heteroatoms. The summed E-state index contributed by atoms with van der Waals surface area (Å²) in [6.07, 6.45) is 0. The molecule has 0 saturated heterocycles. The first-order valence-corrected chi connectivity index (χ1v) is 6.30. The zero-order valence-corrected chi connectivity index (χ0v) is 11.7. The lowest BCUT2D eigenvalue weighted by molar-refractivity contribution is -0.300. The van der Waals surface area contributed by atoms with E-state index in [1.807, 2.05) is 0 Å². The van der Waals surface area contributed by atoms with Gasteiger partial charge in [0.15, 0.2) is 11.6 Å². The van der Waals surface area contributed by atoms with E-state index in [1.165, 1.54) is 19.9 Å². The Kier molecular flexibility index (Phi) is 3.99. The van der Waals surface area contributed by atoms with Crippen LogP contribution in [0.4, 0.5) is 8.78 Å². The van der Waals surface area contributed by atoms with Gasteiger partial charge < -0.3 is 25.1 Å². The lowest BCUT2D eigenvalue weighted by Gasteiger charge is -2.33. The summed E-state index contributed by atoms with van der Waals surface area (Å²) in [5, 5.41) is 25.3. The first-order chi connectivity index (χ1) is 10.3. The number of hydrogen-bond donors (Lipinski definition) is 1. The quantitative estimate of drug-likeness (QED) is 0.827. The fraction of sp³-hybridized carbons (Fsp3) is 0.200. The van der Waals surface area contributed by atoms with E-state index in [4.69, 9.17) is 0 Å². The number of carboxylic acid groups (broad SMARTS) is 2. The van der Waals surface area contributed by atoms with Crippen LogP contribution in [0.5, 0.6) is 0 Å². The summed E-state index contributed by atoms with van der Waals surface area (Å²) in [5.74, 6) is -7.39. The second-order valence-electron chi connectivity index (χ2n) is 4.85. The number of dihydropyridines is 1. The minimum Gasteiger partial charge on any atom is -0.545 e. The zero-order chi connectivity index (χ0) is 16.6. The van der Waals surface area contributed by atoms with Gasteiger partial charge in [0.1, 0.15) is 0 Å². The minimum atomic E-state index is -1.68. The number of nitrogens with one attached hydrogen (secondary N) is 1. The van der Waals surface area contributed by atoms with Gasteiger partial charge in [-0.05, 0) is 19.9 Å². The summed E-state index contributed by atoms with van der Waals surface area (Å²) in [6.45, 7) is 2.76. The summed E-state index contributed by atoms with van der Waals surface area (Å²) in [7, 11) is 0. The van der Waals surface area contributed by atoms with Gasteiger partial charge in [0.2, 0.25) is 0 Å². The Bertz CT molecular complexity index is 701. The highest BCUT2D eigenvalue weighted by Gasteiger charge is 2.32. The van der Waals surface area contributed by atoms with Crippen LogP contribution in [0.25, 0.3) is 0 Å². The maximum atomic E-state index is 14.0. The van der Waals surface area contributed by atoms with Gasteiger partial charge in [0.05, 0.1) is 11.9 Å². The predicted molar refractivity (Wildman–Crippen MR) is 67.6 cm³/mol. The highest BCUT2D eigenvalue weighted by Crippen LogP contribution is 2.38. The van der Waals surface area contributed by atoms with Gasteiger partial charge in [-0.1, -0.05) is 12.1 Å². The van der Waals surface area contributed by atoms with E-state index in [2.05, 4.69) is 5.32 Å². The molecule has 22 heavy (non-hydrogen) atoms. The monoisotopic (exact) mass is 307 g/mol. The third kappa shape index (κ3) is 2.45. The van der Waals surface area contributed by atoms with Crippen LogP contribution in [0.15, 0.2) is 40.7 Å². The molecule has 5 nitrogen and oxygen atoms in total. The lowest BCUT2D eigenvalue weighted by Crippen LogP contribution is -2.40. The molecule has 1 aromatic carbocycles. The summed E-state index contributed by atoms with van der Waals surface area (Å²) in [6, 6.07) is 3.14. The largest absolute Gasteiger partial charge is 0.545 e. The Hall–Kier alpha value is -2.70. The normalized spacial score (nSPS) is 15.8. The maximum absolute atomic E-state index is 14.0. The Morgan fingerprint density at radius 1 is 1.05 bits per heavy atom. The molecule has 1 N–H and O–H groups in total. The number of halogens is 2. The molecule has 116 valence electrons. The van der Waals surface area contributed by atoms with Crippen LogP contribution in [-0.2, 0) is 9.59 Å². The van der Waals surface area contributed by atoms with Crippen molar-refractivity contribution >= 4 is 11.9 Å². The van der Waals surface area contributed by atoms with Crippen molar-refractivity contribution in [2.24, 2.45) is 0 Å². The van der Waals surface area contributed by atoms with Gasteiger partial charge in [-0.15, -0.1) is 0 Å². The van der Waals surface area contributed by atoms with Crippen molar-refractivity contribution in [3.63, 3.8) is 0 Å². The third-order valence-corrected chi connectivity index (χ3v) is 3.49. The molecular formula is C15H11F2NO4-2. The standard InChI is InChI=1S/C15H13F2NO4/c1-6-10(14(19)20)12(11(15(21)22)7(2)18-6)8-4-3-5-9(16)13(8)17/h3-5,12,18H,1-2H3,(H,19,20)(H,21,22)/p-2. The van der Waals surface area contributed by atoms with Crippen LogP contribution < -0.4 is 15.5 Å². The molecule has 0 saturated carbocycles. The Morgan fingerprint density at radius 3 is 2.00 bits per heavy atom. The molecule has 0 fully saturated rings. The molecule has 0 aromatic heterocycles. The smallest absolute Gasteiger partial charge is 0.162 e. The Balaban J connectivity index is 2.78. The Morgan fingerprint density at radius 2 is 1.55 bits per heavy atom. The average molecular weight is 307 g/mol. The van der Waals surface area contributed by atoms with Gasteiger partial charge >= 0.3 is 0 Å². The van der Waals surface area contributed by atoms with E-state index in [9.17, 15) is 28.6 Å². The fourth-order valence-corrected chi connectivity index (χ4v) is 2.59. The molecule has 0 spiro atoms. The van der Waals surface area contributed by atoms with Crippen LogP contribution in [0.3, 0.4) is 0 Å². The lowest BCUT2D eigenvalue weighted by atomic mass is 9.80. The van der Waals surface area contributed by atoms with E-state index in [0.717, 1.165) is 12.1 Å². The van der Waals surface area contributed by atoms with Crippen molar-refractivity contribution in [2.45, 2.75) is 19.8 Å². The van der Waals surface area contributed by atoms with E-state index in [0.29, 0.717) is 0 Å². The number of aliphatic carboxylic acids is 2. The first-order valence-electron chi connectivity index (χ1n) is 6.30. The van der Waals surface area contributed by atoms with Crippen LogP contribution in [-0.4, -0.2) is 11.9 Å². The number of hydrogen-bond acceptors (Lipinski definition) is 5. The number of carbonyl (C=O) groups excluding carboxylic acids is 2. The van der Waals surface area contributed by atoms with Crippen LogP contribution >= 0.6 is 0 Å². The van der Waals surface area contributed by atoms with Crippen molar-refractivity contribution < 1.29 is 28.6 Å². The summed E-state index contributed by atoms with van der Waals surface area (Å²) in [5.41, 5.74) is -1.17. The van der Waals surface area contributed by atoms with Crippen LogP contribution in [0.1, 0.15) is 25.3 Å². The van der Waals surface area contributed by atoms with E-state index in [1.54, 1.807) is 0 Å². The molecule has 2 rings (SSSR count). The summed E-state index contributed by atoms with van der Waals surface area (Å²) < 4.78 is 27.5. The average Bonchev–Trinajstić information content (AvgIpc) is 2.39. The highest BCUT2D eigenvalue weighted by molar-refractivity contribution is 5.96. The van der Waals surface area contributed by atoms with Gasteiger partial charge in [-0.25, -0.2) is 8.78 Å². The number of carbonyl (C=O) groups is 2. The van der Waals surface area contributed by atoms with Crippen molar-refractivity contribution in [1.82, 2.24) is 5.32 Å². The zero-order valence-electron chi connectivity index (χ0n) is 11.7. The molecule has 1 aliphatic rings. The predicted octanol–water partition coefficient (Wildman–Crippen LogP) is -0.301. The molecular weight excluding hydrogens is 296 g/mol. The van der Waals surface area contributed by atoms with Gasteiger partial charge in [0.25, 0.3) is 0 Å². The van der Waals surface area contributed by atoms with Gasteiger partial charge in [0, 0.05) is 34.0 Å². The van der Waals surface area contributed by atoms with E-state index in [-0.39, 0.29) is 11.4 Å². The third-order valence-electron chi connectivity index (χ3n) is 3.49.